The summed E-state index contributed by atoms with van der Waals surface area (Å²) in [4.78, 5) is 4.26. The minimum atomic E-state index is 0.480. The molecule has 1 aromatic carbocycles. The normalized spacial score (nSPS) is 9.89. The second-order valence-corrected chi connectivity index (χ2v) is 3.63. The number of rotatable bonds is 3. The van der Waals surface area contributed by atoms with Crippen molar-refractivity contribution in [1.82, 2.24) is 4.98 Å². The summed E-state index contributed by atoms with van der Waals surface area (Å²) in [5.41, 5.74) is 1.91. The summed E-state index contributed by atoms with van der Waals surface area (Å²) >= 11 is 0. The van der Waals surface area contributed by atoms with E-state index in [1.165, 1.54) is 6.20 Å². The van der Waals surface area contributed by atoms with E-state index in [9.17, 15) is 0 Å². The van der Waals surface area contributed by atoms with E-state index in [1.807, 2.05) is 0 Å². The number of nitrogens with one attached hydrogen (secondary N) is 1. The van der Waals surface area contributed by atoms with Crippen molar-refractivity contribution >= 4 is 16.6 Å². The van der Waals surface area contributed by atoms with E-state index >= 15 is 0 Å². The first-order valence-electron chi connectivity index (χ1n) is 5.37. The highest BCUT2D eigenvalue weighted by atomic mass is 16.5. The van der Waals surface area contributed by atoms with Crippen LogP contribution in [0.4, 0.5) is 5.69 Å². The Morgan fingerprint density at radius 3 is 2.61 bits per heavy atom. The molecule has 2 aromatic rings. The van der Waals surface area contributed by atoms with E-state index < -0.39 is 0 Å². The van der Waals surface area contributed by atoms with Crippen LogP contribution in [0.3, 0.4) is 0 Å². The molecule has 0 aliphatic heterocycles. The number of ether oxygens (including phenoxy) is 2. The van der Waals surface area contributed by atoms with Gasteiger partial charge in [0, 0.05) is 25.4 Å². The molecule has 0 saturated heterocycles. The van der Waals surface area contributed by atoms with E-state index in [0.717, 1.165) is 10.9 Å². The van der Waals surface area contributed by atoms with Crippen LogP contribution in [-0.4, -0.2) is 26.3 Å². The minimum absolute atomic E-state index is 0.480. The number of aromatic nitrogens is 1. The molecule has 2 rings (SSSR count). The third-order valence-corrected chi connectivity index (χ3v) is 2.73. The molecule has 18 heavy (non-hydrogen) atoms. The zero-order valence-electron chi connectivity index (χ0n) is 10.4. The highest BCUT2D eigenvalue weighted by Gasteiger charge is 2.13. The van der Waals surface area contributed by atoms with Gasteiger partial charge >= 0.3 is 0 Å². The quantitative estimate of drug-likeness (QED) is 0.894. The zero-order valence-corrected chi connectivity index (χ0v) is 10.4. The highest BCUT2D eigenvalue weighted by Crippen LogP contribution is 2.36. The topological polar surface area (TPSA) is 67.2 Å². The van der Waals surface area contributed by atoms with Crippen LogP contribution in [0.15, 0.2) is 18.3 Å². The average Bonchev–Trinajstić information content (AvgIpc) is 2.44. The maximum atomic E-state index is 9.08. The summed E-state index contributed by atoms with van der Waals surface area (Å²) in [6, 6.07) is 5.68. The molecule has 0 unspecified atom stereocenters. The van der Waals surface area contributed by atoms with Gasteiger partial charge in [-0.05, 0) is 0 Å². The Hall–Kier alpha value is -2.48. The van der Waals surface area contributed by atoms with E-state index in [0.29, 0.717) is 22.7 Å². The van der Waals surface area contributed by atoms with Crippen LogP contribution in [-0.2, 0) is 0 Å². The van der Waals surface area contributed by atoms with Crippen LogP contribution in [0.25, 0.3) is 10.9 Å². The fraction of sp³-hybridized carbons (Fsp3) is 0.231. The van der Waals surface area contributed by atoms with E-state index in [-0.39, 0.29) is 0 Å². The predicted octanol–water partition coefficient (Wildman–Crippen LogP) is 2.17. The summed E-state index contributed by atoms with van der Waals surface area (Å²) < 4.78 is 10.5. The molecule has 0 amide bonds. The molecule has 1 aromatic heterocycles. The molecule has 0 saturated carbocycles. The van der Waals surface area contributed by atoms with Crippen LogP contribution >= 0.6 is 0 Å². The van der Waals surface area contributed by atoms with Crippen LogP contribution in [0, 0.1) is 11.3 Å². The Morgan fingerprint density at radius 2 is 2.06 bits per heavy atom. The van der Waals surface area contributed by atoms with Crippen molar-refractivity contribution < 1.29 is 9.47 Å². The zero-order chi connectivity index (χ0) is 13.1. The number of benzene rings is 1. The molecule has 0 spiro atoms. The summed E-state index contributed by atoms with van der Waals surface area (Å²) in [6.45, 7) is 0. The molecule has 1 heterocycles. The Bertz CT molecular complexity index is 632. The van der Waals surface area contributed by atoms with Gasteiger partial charge < -0.3 is 14.8 Å². The monoisotopic (exact) mass is 243 g/mol. The molecule has 5 heteroatoms. The largest absolute Gasteiger partial charge is 0.497 e. The number of methoxy groups -OCH3 is 2. The Balaban J connectivity index is 2.87. The smallest absolute Gasteiger partial charge is 0.134 e. The molecule has 0 atom stereocenters. The van der Waals surface area contributed by atoms with Crippen molar-refractivity contribution in [2.75, 3.05) is 26.6 Å². The van der Waals surface area contributed by atoms with Gasteiger partial charge in [0.2, 0.25) is 0 Å². The summed E-state index contributed by atoms with van der Waals surface area (Å²) in [6.07, 6.45) is 1.53. The standard InChI is InChI=1S/C13H13N3O2/c1-15-13-8(6-14)7-16-10-4-9(17-2)5-11(18-3)12(10)13/h4-5,7H,1-3H3,(H,15,16). The lowest BCUT2D eigenvalue weighted by Crippen LogP contribution is -1.98. The fourth-order valence-electron chi connectivity index (χ4n) is 1.89. The van der Waals surface area contributed by atoms with Gasteiger partial charge in [0.1, 0.15) is 17.6 Å². The Kier molecular flexibility index (Phi) is 3.20. The minimum Gasteiger partial charge on any atom is -0.497 e. The number of hydrogen-bond acceptors (Lipinski definition) is 5. The number of anilines is 1. The molecule has 0 radical (unpaired) electrons. The molecular weight excluding hydrogens is 230 g/mol. The van der Waals surface area contributed by atoms with Gasteiger partial charge in [-0.15, -0.1) is 0 Å². The highest BCUT2D eigenvalue weighted by molar-refractivity contribution is 5.99. The number of nitriles is 1. The molecule has 1 N–H and O–H groups in total. The molecule has 0 aliphatic rings. The van der Waals surface area contributed by atoms with Crippen LogP contribution in [0.5, 0.6) is 11.5 Å². The van der Waals surface area contributed by atoms with Gasteiger partial charge in [0.05, 0.1) is 36.4 Å². The summed E-state index contributed by atoms with van der Waals surface area (Å²) in [5, 5.41) is 12.9. The lowest BCUT2D eigenvalue weighted by molar-refractivity contribution is 0.398. The van der Waals surface area contributed by atoms with Crippen molar-refractivity contribution in [3.8, 4) is 17.6 Å². The third-order valence-electron chi connectivity index (χ3n) is 2.73. The Labute approximate surface area is 105 Å². The average molecular weight is 243 g/mol. The first-order valence-corrected chi connectivity index (χ1v) is 5.37. The molecular formula is C13H13N3O2. The van der Waals surface area contributed by atoms with Crippen molar-refractivity contribution in [3.05, 3.63) is 23.9 Å². The van der Waals surface area contributed by atoms with E-state index in [4.69, 9.17) is 14.7 Å². The van der Waals surface area contributed by atoms with E-state index in [1.54, 1.807) is 33.4 Å². The van der Waals surface area contributed by atoms with Crippen molar-refractivity contribution in [3.63, 3.8) is 0 Å². The second kappa shape index (κ2) is 4.80. The predicted molar refractivity (Wildman–Crippen MR) is 69.1 cm³/mol. The SMILES string of the molecule is CNc1c(C#N)cnc2cc(OC)cc(OC)c12. The van der Waals surface area contributed by atoms with Crippen molar-refractivity contribution in [2.24, 2.45) is 0 Å². The van der Waals surface area contributed by atoms with Gasteiger partial charge in [0.15, 0.2) is 0 Å². The van der Waals surface area contributed by atoms with Crippen LogP contribution in [0.2, 0.25) is 0 Å². The summed E-state index contributed by atoms with van der Waals surface area (Å²) in [7, 11) is 4.93. The molecule has 5 nitrogen and oxygen atoms in total. The molecule has 0 bridgehead atoms. The first-order chi connectivity index (χ1) is 8.74. The maximum Gasteiger partial charge on any atom is 0.134 e. The third kappa shape index (κ3) is 1.78. The lowest BCUT2D eigenvalue weighted by Gasteiger charge is -2.12. The maximum absolute atomic E-state index is 9.08. The van der Waals surface area contributed by atoms with Gasteiger partial charge in [-0.25, -0.2) is 0 Å². The lowest BCUT2D eigenvalue weighted by atomic mass is 10.1. The first kappa shape index (κ1) is 12.0. The van der Waals surface area contributed by atoms with Gasteiger partial charge in [-0.2, -0.15) is 5.26 Å². The van der Waals surface area contributed by atoms with Crippen LogP contribution < -0.4 is 14.8 Å². The van der Waals surface area contributed by atoms with Gasteiger partial charge in [-0.1, -0.05) is 0 Å². The van der Waals surface area contributed by atoms with E-state index in [2.05, 4.69) is 16.4 Å². The molecule has 92 valence electrons. The summed E-state index contributed by atoms with van der Waals surface area (Å²) in [5.74, 6) is 1.29. The molecule has 0 fully saturated rings. The number of fused-ring (bicyclic) bond motifs is 1. The second-order valence-electron chi connectivity index (χ2n) is 3.63. The number of nitrogens with zero attached hydrogens (tertiary/aromatic N) is 2. The van der Waals surface area contributed by atoms with Gasteiger partial charge in [-0.3, -0.25) is 4.98 Å². The number of hydrogen-bond donors (Lipinski definition) is 1. The number of pyridine rings is 1. The molecule has 0 aliphatic carbocycles. The van der Waals surface area contributed by atoms with Crippen LogP contribution in [0.1, 0.15) is 5.56 Å². The van der Waals surface area contributed by atoms with Crippen molar-refractivity contribution in [2.45, 2.75) is 0 Å². The van der Waals surface area contributed by atoms with Gasteiger partial charge in [0.25, 0.3) is 0 Å². The fourth-order valence-corrected chi connectivity index (χ4v) is 1.89. The Morgan fingerprint density at radius 1 is 1.28 bits per heavy atom. The van der Waals surface area contributed by atoms with Crippen molar-refractivity contribution in [1.29, 1.82) is 5.26 Å².